The Morgan fingerprint density at radius 2 is 2.00 bits per heavy atom. The second-order valence-corrected chi connectivity index (χ2v) is 6.38. The average Bonchev–Trinajstić information content (AvgIpc) is 2.10. The zero-order valence-corrected chi connectivity index (χ0v) is 12.3. The molecule has 0 rings (SSSR count). The van der Waals surface area contributed by atoms with Gasteiger partial charge >= 0.3 is 0 Å². The molecule has 0 aromatic carbocycles. The van der Waals surface area contributed by atoms with Gasteiger partial charge in [0.2, 0.25) is 0 Å². The summed E-state index contributed by atoms with van der Waals surface area (Å²) in [6, 6.07) is 0. The molecule has 1 unspecified atom stereocenters. The van der Waals surface area contributed by atoms with Crippen LogP contribution in [0.5, 0.6) is 0 Å². The van der Waals surface area contributed by atoms with Gasteiger partial charge in [-0.15, -0.1) is 34.8 Å². The van der Waals surface area contributed by atoms with Crippen molar-refractivity contribution in [2.24, 2.45) is 0 Å². The Kier molecular flexibility index (Phi) is 7.95. The SMILES string of the molecule is CC(C)(Cl)C(Br)CC/C(=C/CCl)CCl. The van der Waals surface area contributed by atoms with Crippen LogP contribution in [0, 0.1) is 0 Å². The molecular weight excluding hydrogens is 306 g/mol. The fourth-order valence-electron chi connectivity index (χ4n) is 0.988. The summed E-state index contributed by atoms with van der Waals surface area (Å²) in [7, 11) is 0. The molecule has 0 aliphatic rings. The van der Waals surface area contributed by atoms with Gasteiger partial charge in [-0.2, -0.15) is 0 Å². The summed E-state index contributed by atoms with van der Waals surface area (Å²) in [6.45, 7) is 4.00. The minimum Gasteiger partial charge on any atom is -0.122 e. The third-order valence-electron chi connectivity index (χ3n) is 2.00. The maximum Gasteiger partial charge on any atom is 0.0515 e. The van der Waals surface area contributed by atoms with E-state index in [2.05, 4.69) is 15.9 Å². The Morgan fingerprint density at radius 3 is 2.36 bits per heavy atom. The van der Waals surface area contributed by atoms with Gasteiger partial charge in [-0.05, 0) is 26.7 Å². The van der Waals surface area contributed by atoms with Gasteiger partial charge in [0, 0.05) is 16.6 Å². The molecule has 0 aromatic heterocycles. The minimum atomic E-state index is -0.224. The van der Waals surface area contributed by atoms with Crippen LogP contribution in [0.4, 0.5) is 0 Å². The van der Waals surface area contributed by atoms with E-state index < -0.39 is 0 Å². The van der Waals surface area contributed by atoms with Crippen molar-refractivity contribution >= 4 is 50.7 Å². The van der Waals surface area contributed by atoms with Crippen LogP contribution >= 0.6 is 50.7 Å². The molecule has 4 heteroatoms. The maximum atomic E-state index is 6.16. The summed E-state index contributed by atoms with van der Waals surface area (Å²) in [5, 5.41) is 0. The van der Waals surface area contributed by atoms with Crippen LogP contribution in [0.15, 0.2) is 11.6 Å². The van der Waals surface area contributed by atoms with Crippen molar-refractivity contribution in [1.29, 1.82) is 0 Å². The molecule has 0 amide bonds. The predicted octanol–water partition coefficient (Wildman–Crippen LogP) is 4.95. The first-order chi connectivity index (χ1) is 6.41. The second kappa shape index (κ2) is 7.38. The van der Waals surface area contributed by atoms with Gasteiger partial charge < -0.3 is 0 Å². The topological polar surface area (TPSA) is 0 Å². The number of hydrogen-bond donors (Lipinski definition) is 0. The van der Waals surface area contributed by atoms with Crippen LogP contribution in [0.25, 0.3) is 0 Å². The smallest absolute Gasteiger partial charge is 0.0515 e. The molecular formula is C10H16BrCl3. The zero-order valence-electron chi connectivity index (χ0n) is 8.49. The van der Waals surface area contributed by atoms with Crippen molar-refractivity contribution in [2.75, 3.05) is 11.8 Å². The summed E-state index contributed by atoms with van der Waals surface area (Å²) in [4.78, 5) is 0.0666. The number of rotatable bonds is 6. The molecule has 0 aliphatic heterocycles. The van der Waals surface area contributed by atoms with Gasteiger partial charge in [-0.1, -0.05) is 27.6 Å². The van der Waals surface area contributed by atoms with E-state index in [1.54, 1.807) is 0 Å². The molecule has 0 N–H and O–H groups in total. The van der Waals surface area contributed by atoms with E-state index in [1.807, 2.05) is 19.9 Å². The molecule has 0 saturated heterocycles. The lowest BCUT2D eigenvalue weighted by atomic mass is 10.0. The summed E-state index contributed by atoms with van der Waals surface area (Å²) < 4.78 is 0. The Labute approximate surface area is 110 Å². The molecule has 0 aliphatic carbocycles. The molecule has 14 heavy (non-hydrogen) atoms. The average molecular weight is 323 g/mol. The van der Waals surface area contributed by atoms with E-state index in [4.69, 9.17) is 34.8 Å². The molecule has 0 fully saturated rings. The number of allylic oxidation sites excluding steroid dienone is 2. The maximum absolute atomic E-state index is 6.16. The van der Waals surface area contributed by atoms with Crippen LogP contribution in [0.2, 0.25) is 0 Å². The summed E-state index contributed by atoms with van der Waals surface area (Å²) in [5.41, 5.74) is 1.19. The van der Waals surface area contributed by atoms with Gasteiger partial charge in [-0.25, -0.2) is 0 Å². The fourth-order valence-corrected chi connectivity index (χ4v) is 1.79. The first-order valence-corrected chi connectivity index (χ1v) is 6.91. The summed E-state index contributed by atoms with van der Waals surface area (Å²) in [5.74, 6) is 1.08. The molecule has 0 spiro atoms. The van der Waals surface area contributed by atoms with Crippen LogP contribution in [0.3, 0.4) is 0 Å². The van der Waals surface area contributed by atoms with Crippen molar-refractivity contribution in [1.82, 2.24) is 0 Å². The fraction of sp³-hybridized carbons (Fsp3) is 0.800. The van der Waals surface area contributed by atoms with Gasteiger partial charge in [0.25, 0.3) is 0 Å². The highest BCUT2D eigenvalue weighted by Gasteiger charge is 2.23. The second-order valence-electron chi connectivity index (χ2n) is 3.72. The van der Waals surface area contributed by atoms with Gasteiger partial charge in [0.1, 0.15) is 0 Å². The summed E-state index contributed by atoms with van der Waals surface area (Å²) in [6.07, 6.45) is 3.89. The first-order valence-electron chi connectivity index (χ1n) is 4.54. The molecule has 0 saturated carbocycles. The summed E-state index contributed by atoms with van der Waals surface area (Å²) >= 11 is 21.1. The molecule has 0 heterocycles. The highest BCUT2D eigenvalue weighted by Crippen LogP contribution is 2.29. The third kappa shape index (κ3) is 6.55. The van der Waals surface area contributed by atoms with Crippen molar-refractivity contribution in [2.45, 2.75) is 36.4 Å². The Bertz CT molecular complexity index is 184. The molecule has 0 radical (unpaired) electrons. The zero-order chi connectivity index (χ0) is 11.2. The van der Waals surface area contributed by atoms with Gasteiger partial charge in [0.15, 0.2) is 0 Å². The molecule has 0 aromatic rings. The standard InChI is InChI=1S/C10H16BrCl3/c1-10(2,14)9(11)4-3-8(7-13)5-6-12/h5,9H,3-4,6-7H2,1-2H3/b8-5-. The number of halogens is 4. The number of alkyl halides is 4. The Hall–Kier alpha value is 1.09. The highest BCUT2D eigenvalue weighted by atomic mass is 79.9. The molecule has 0 nitrogen and oxygen atoms in total. The Morgan fingerprint density at radius 1 is 1.43 bits per heavy atom. The van der Waals surface area contributed by atoms with Crippen molar-refractivity contribution in [3.8, 4) is 0 Å². The molecule has 1 atom stereocenters. The van der Waals surface area contributed by atoms with E-state index in [0.29, 0.717) is 16.6 Å². The van der Waals surface area contributed by atoms with E-state index in [9.17, 15) is 0 Å². The molecule has 0 bridgehead atoms. The minimum absolute atomic E-state index is 0.224. The van der Waals surface area contributed by atoms with Crippen LogP contribution < -0.4 is 0 Å². The predicted molar refractivity (Wildman–Crippen MR) is 71.4 cm³/mol. The lowest BCUT2D eigenvalue weighted by molar-refractivity contribution is 0.616. The van der Waals surface area contributed by atoms with Crippen LogP contribution in [-0.2, 0) is 0 Å². The third-order valence-corrected chi connectivity index (χ3v) is 4.63. The van der Waals surface area contributed by atoms with Crippen molar-refractivity contribution in [3.05, 3.63) is 11.6 Å². The van der Waals surface area contributed by atoms with Crippen LogP contribution in [0.1, 0.15) is 26.7 Å². The van der Waals surface area contributed by atoms with Crippen molar-refractivity contribution < 1.29 is 0 Å². The monoisotopic (exact) mass is 320 g/mol. The van der Waals surface area contributed by atoms with Gasteiger partial charge in [-0.3, -0.25) is 0 Å². The quantitative estimate of drug-likeness (QED) is 0.479. The van der Waals surface area contributed by atoms with Gasteiger partial charge in [0.05, 0.1) is 4.87 Å². The first kappa shape index (κ1) is 15.1. The lowest BCUT2D eigenvalue weighted by Crippen LogP contribution is -2.24. The molecule has 84 valence electrons. The highest BCUT2D eigenvalue weighted by molar-refractivity contribution is 9.09. The lowest BCUT2D eigenvalue weighted by Gasteiger charge is -2.23. The van der Waals surface area contributed by atoms with E-state index in [0.717, 1.165) is 12.8 Å². The normalized spacial score (nSPS) is 15.7. The number of hydrogen-bond acceptors (Lipinski definition) is 0. The van der Waals surface area contributed by atoms with E-state index in [-0.39, 0.29) is 4.87 Å². The van der Waals surface area contributed by atoms with Crippen molar-refractivity contribution in [3.63, 3.8) is 0 Å². The Balaban J connectivity index is 3.98. The van der Waals surface area contributed by atoms with E-state index >= 15 is 0 Å². The van der Waals surface area contributed by atoms with Crippen LogP contribution in [-0.4, -0.2) is 21.5 Å². The van der Waals surface area contributed by atoms with E-state index in [1.165, 1.54) is 5.57 Å². The largest absolute Gasteiger partial charge is 0.122 e.